The van der Waals surface area contributed by atoms with Gasteiger partial charge in [0.15, 0.2) is 5.82 Å². The van der Waals surface area contributed by atoms with Crippen LogP contribution in [0.25, 0.3) is 0 Å². The van der Waals surface area contributed by atoms with E-state index >= 15 is 0 Å². The zero-order valence-corrected chi connectivity index (χ0v) is 13.0. The van der Waals surface area contributed by atoms with Crippen LogP contribution in [0.2, 0.25) is 0 Å². The molecule has 0 bridgehead atoms. The molecule has 1 aliphatic carbocycles. The van der Waals surface area contributed by atoms with E-state index in [2.05, 4.69) is 45.3 Å². The van der Waals surface area contributed by atoms with Crippen molar-refractivity contribution in [2.75, 3.05) is 11.9 Å². The first-order valence-corrected chi connectivity index (χ1v) is 7.96. The maximum atomic E-state index is 4.35. The van der Waals surface area contributed by atoms with Crippen molar-refractivity contribution in [1.82, 2.24) is 10.2 Å². The van der Waals surface area contributed by atoms with E-state index in [0.29, 0.717) is 0 Å². The number of rotatable bonds is 5. The summed E-state index contributed by atoms with van der Waals surface area (Å²) in [4.78, 5) is 0. The van der Waals surface area contributed by atoms with Gasteiger partial charge in [-0.25, -0.2) is 0 Å². The lowest BCUT2D eigenvalue weighted by Crippen LogP contribution is -2.20. The lowest BCUT2D eigenvalue weighted by Gasteiger charge is -2.26. The van der Waals surface area contributed by atoms with Crippen molar-refractivity contribution in [1.29, 1.82) is 0 Å². The molecule has 0 spiro atoms. The Hall–Kier alpha value is -0.510. The molecule has 0 saturated heterocycles. The van der Waals surface area contributed by atoms with Gasteiger partial charge in [-0.3, -0.25) is 5.10 Å². The summed E-state index contributed by atoms with van der Waals surface area (Å²) in [5, 5.41) is 10.9. The highest BCUT2D eigenvalue weighted by atomic mass is 79.9. The second-order valence-corrected chi connectivity index (χ2v) is 6.41. The standard InChI is InChI=1S/C14H24BrN3/c1-3-4-12-13(15)14(18-17-12)16-9-11-7-5-10(2)6-8-11/h10-11H,3-9H2,1-2H3,(H2,16,17,18)/t10-,11-. The van der Waals surface area contributed by atoms with Crippen LogP contribution in [0.15, 0.2) is 4.47 Å². The lowest BCUT2D eigenvalue weighted by atomic mass is 9.83. The van der Waals surface area contributed by atoms with Gasteiger partial charge in [-0.15, -0.1) is 0 Å². The van der Waals surface area contributed by atoms with Gasteiger partial charge in [0.25, 0.3) is 0 Å². The van der Waals surface area contributed by atoms with E-state index < -0.39 is 0 Å². The summed E-state index contributed by atoms with van der Waals surface area (Å²) in [6.07, 6.45) is 7.68. The van der Waals surface area contributed by atoms with Gasteiger partial charge in [0.05, 0.1) is 10.2 Å². The van der Waals surface area contributed by atoms with Crippen molar-refractivity contribution >= 4 is 21.7 Å². The quantitative estimate of drug-likeness (QED) is 0.847. The average Bonchev–Trinajstić information content (AvgIpc) is 2.71. The molecule has 0 radical (unpaired) electrons. The number of H-pyrrole nitrogens is 1. The Morgan fingerprint density at radius 1 is 1.33 bits per heavy atom. The van der Waals surface area contributed by atoms with Crippen molar-refractivity contribution in [2.45, 2.75) is 52.4 Å². The van der Waals surface area contributed by atoms with E-state index in [-0.39, 0.29) is 0 Å². The Balaban J connectivity index is 1.83. The highest BCUT2D eigenvalue weighted by molar-refractivity contribution is 9.10. The topological polar surface area (TPSA) is 40.7 Å². The molecule has 1 aromatic rings. The van der Waals surface area contributed by atoms with Gasteiger partial charge < -0.3 is 5.32 Å². The van der Waals surface area contributed by atoms with Gasteiger partial charge in [-0.2, -0.15) is 5.10 Å². The predicted octanol–water partition coefficient (Wildman–Crippen LogP) is 4.36. The van der Waals surface area contributed by atoms with Gasteiger partial charge in [0.1, 0.15) is 0 Å². The molecule has 2 rings (SSSR count). The minimum atomic E-state index is 0.819. The first-order chi connectivity index (χ1) is 8.70. The van der Waals surface area contributed by atoms with E-state index in [1.54, 1.807) is 0 Å². The van der Waals surface area contributed by atoms with Crippen molar-refractivity contribution in [2.24, 2.45) is 11.8 Å². The van der Waals surface area contributed by atoms with Gasteiger partial charge in [0.2, 0.25) is 0 Å². The first-order valence-electron chi connectivity index (χ1n) is 7.17. The van der Waals surface area contributed by atoms with Crippen LogP contribution >= 0.6 is 15.9 Å². The second kappa shape index (κ2) is 6.60. The minimum Gasteiger partial charge on any atom is -0.367 e. The van der Waals surface area contributed by atoms with Crippen molar-refractivity contribution in [3.8, 4) is 0 Å². The fraction of sp³-hybridized carbons (Fsp3) is 0.786. The number of aromatic nitrogens is 2. The molecule has 4 heteroatoms. The van der Waals surface area contributed by atoms with Gasteiger partial charge in [0, 0.05) is 6.54 Å². The summed E-state index contributed by atoms with van der Waals surface area (Å²) in [7, 11) is 0. The molecule has 102 valence electrons. The molecule has 18 heavy (non-hydrogen) atoms. The van der Waals surface area contributed by atoms with E-state index in [1.165, 1.54) is 31.4 Å². The molecule has 3 nitrogen and oxygen atoms in total. The second-order valence-electron chi connectivity index (χ2n) is 5.62. The van der Waals surface area contributed by atoms with Gasteiger partial charge in [-0.05, 0) is 47.0 Å². The minimum absolute atomic E-state index is 0.819. The van der Waals surface area contributed by atoms with Gasteiger partial charge in [-0.1, -0.05) is 33.1 Å². The van der Waals surface area contributed by atoms with Gasteiger partial charge >= 0.3 is 0 Å². The summed E-state index contributed by atoms with van der Waals surface area (Å²) < 4.78 is 1.12. The van der Waals surface area contributed by atoms with Crippen LogP contribution in [0.5, 0.6) is 0 Å². The molecular formula is C14H24BrN3. The number of anilines is 1. The summed E-state index contributed by atoms with van der Waals surface area (Å²) in [6.45, 7) is 5.61. The molecule has 0 atom stereocenters. The maximum absolute atomic E-state index is 4.35. The Bertz CT molecular complexity index is 367. The molecule has 0 unspecified atom stereocenters. The SMILES string of the molecule is CCCc1[nH]nc(NC[C@H]2CC[C@H](C)CC2)c1Br. The van der Waals surface area contributed by atoms with Crippen LogP contribution in [-0.4, -0.2) is 16.7 Å². The third-order valence-electron chi connectivity index (χ3n) is 3.97. The van der Waals surface area contributed by atoms with Crippen LogP contribution in [0.4, 0.5) is 5.82 Å². The molecule has 1 fully saturated rings. The van der Waals surface area contributed by atoms with Crippen LogP contribution in [0, 0.1) is 11.8 Å². The summed E-state index contributed by atoms with van der Waals surface area (Å²) in [6, 6.07) is 0. The van der Waals surface area contributed by atoms with Crippen LogP contribution in [-0.2, 0) is 6.42 Å². The predicted molar refractivity (Wildman–Crippen MR) is 79.9 cm³/mol. The molecule has 0 amide bonds. The summed E-state index contributed by atoms with van der Waals surface area (Å²) >= 11 is 3.63. The van der Waals surface area contributed by atoms with Crippen LogP contribution in [0.3, 0.4) is 0 Å². The molecule has 1 aromatic heterocycles. The highest BCUT2D eigenvalue weighted by Gasteiger charge is 2.19. The zero-order chi connectivity index (χ0) is 13.0. The molecular weight excluding hydrogens is 290 g/mol. The molecule has 1 saturated carbocycles. The summed E-state index contributed by atoms with van der Waals surface area (Å²) in [5.41, 5.74) is 1.21. The Kier molecular flexibility index (Phi) is 5.10. The Labute approximate surface area is 118 Å². The molecule has 1 aliphatic rings. The zero-order valence-electron chi connectivity index (χ0n) is 11.4. The number of halogens is 1. The fourth-order valence-electron chi connectivity index (χ4n) is 2.67. The van der Waals surface area contributed by atoms with Crippen LogP contribution < -0.4 is 5.32 Å². The Morgan fingerprint density at radius 2 is 2.06 bits per heavy atom. The largest absolute Gasteiger partial charge is 0.367 e. The number of nitrogens with zero attached hydrogens (tertiary/aromatic N) is 1. The molecule has 0 aliphatic heterocycles. The molecule has 1 heterocycles. The van der Waals surface area contributed by atoms with E-state index in [9.17, 15) is 0 Å². The monoisotopic (exact) mass is 313 g/mol. The number of hydrogen-bond acceptors (Lipinski definition) is 2. The smallest absolute Gasteiger partial charge is 0.162 e. The number of aryl methyl sites for hydroxylation is 1. The van der Waals surface area contributed by atoms with Crippen molar-refractivity contribution in [3.63, 3.8) is 0 Å². The third kappa shape index (κ3) is 3.50. The van der Waals surface area contributed by atoms with E-state index in [4.69, 9.17) is 0 Å². The highest BCUT2D eigenvalue weighted by Crippen LogP contribution is 2.30. The normalized spacial score (nSPS) is 24.2. The Morgan fingerprint density at radius 3 is 2.72 bits per heavy atom. The van der Waals surface area contributed by atoms with Crippen molar-refractivity contribution < 1.29 is 0 Å². The number of nitrogens with one attached hydrogen (secondary N) is 2. The summed E-state index contributed by atoms with van der Waals surface area (Å²) in [5.74, 6) is 2.73. The van der Waals surface area contributed by atoms with Crippen molar-refractivity contribution in [3.05, 3.63) is 10.2 Å². The molecule has 0 aromatic carbocycles. The van der Waals surface area contributed by atoms with E-state index in [0.717, 1.165) is 41.5 Å². The van der Waals surface area contributed by atoms with E-state index in [1.807, 2.05) is 0 Å². The number of aromatic amines is 1. The van der Waals surface area contributed by atoms with Crippen LogP contribution in [0.1, 0.15) is 51.6 Å². The maximum Gasteiger partial charge on any atom is 0.162 e. The molecule has 2 N–H and O–H groups in total. The fourth-order valence-corrected chi connectivity index (χ4v) is 3.19. The first kappa shape index (κ1) is 13.9. The average molecular weight is 314 g/mol. The lowest BCUT2D eigenvalue weighted by molar-refractivity contribution is 0.300. The third-order valence-corrected chi connectivity index (χ3v) is 4.82. The number of hydrogen-bond donors (Lipinski definition) is 2.